The third kappa shape index (κ3) is 4.42. The fourth-order valence-electron chi connectivity index (χ4n) is 2.99. The Morgan fingerprint density at radius 2 is 2.00 bits per heavy atom. The lowest BCUT2D eigenvalue weighted by molar-refractivity contribution is -0.121. The number of pyridine rings is 1. The van der Waals surface area contributed by atoms with Crippen LogP contribution in [0, 0.1) is 12.8 Å². The number of aromatic nitrogens is 1. The zero-order valence-electron chi connectivity index (χ0n) is 13.8. The Labute approximate surface area is 151 Å². The van der Waals surface area contributed by atoms with E-state index in [0.29, 0.717) is 5.82 Å². The molecule has 0 unspecified atom stereocenters. The van der Waals surface area contributed by atoms with Gasteiger partial charge in [-0.1, -0.05) is 40.2 Å². The second-order valence-electron chi connectivity index (χ2n) is 6.35. The number of hydrogen-bond donors (Lipinski definition) is 1. The number of nitrogens with one attached hydrogen (secondary N) is 1. The Bertz CT molecular complexity index is 694. The Balaban J connectivity index is 1.50. The molecule has 0 aliphatic carbocycles. The van der Waals surface area contributed by atoms with Crippen molar-refractivity contribution >= 4 is 27.7 Å². The van der Waals surface area contributed by atoms with Crippen molar-refractivity contribution in [2.24, 2.45) is 5.92 Å². The molecule has 1 amide bonds. The van der Waals surface area contributed by atoms with E-state index in [2.05, 4.69) is 49.3 Å². The Hall–Kier alpha value is -1.72. The largest absolute Gasteiger partial charge is 0.310 e. The van der Waals surface area contributed by atoms with E-state index in [-0.39, 0.29) is 11.8 Å². The smallest absolute Gasteiger partial charge is 0.228 e. The summed E-state index contributed by atoms with van der Waals surface area (Å²) in [7, 11) is 0. The highest BCUT2D eigenvalue weighted by Gasteiger charge is 2.25. The quantitative estimate of drug-likeness (QED) is 0.861. The van der Waals surface area contributed by atoms with Gasteiger partial charge in [-0.2, -0.15) is 0 Å². The second kappa shape index (κ2) is 7.90. The summed E-state index contributed by atoms with van der Waals surface area (Å²) in [6, 6.07) is 12.1. The minimum absolute atomic E-state index is 0.0727. The van der Waals surface area contributed by atoms with Gasteiger partial charge in [0.1, 0.15) is 5.82 Å². The van der Waals surface area contributed by atoms with Gasteiger partial charge in [0.15, 0.2) is 0 Å². The molecular formula is C19H22BrN3O. The molecule has 2 heterocycles. The molecule has 1 aromatic heterocycles. The van der Waals surface area contributed by atoms with E-state index < -0.39 is 0 Å². The van der Waals surface area contributed by atoms with Gasteiger partial charge in [0.2, 0.25) is 5.91 Å². The number of rotatable bonds is 4. The summed E-state index contributed by atoms with van der Waals surface area (Å²) in [6.07, 6.45) is 3.56. The highest BCUT2D eigenvalue weighted by Crippen LogP contribution is 2.23. The fourth-order valence-corrected chi connectivity index (χ4v) is 3.40. The van der Waals surface area contributed by atoms with Crippen molar-refractivity contribution in [1.82, 2.24) is 9.88 Å². The second-order valence-corrected chi connectivity index (χ2v) is 7.21. The first-order chi connectivity index (χ1) is 11.6. The Morgan fingerprint density at radius 1 is 1.25 bits per heavy atom. The molecule has 24 heavy (non-hydrogen) atoms. The zero-order chi connectivity index (χ0) is 16.9. The van der Waals surface area contributed by atoms with Crippen LogP contribution in [-0.2, 0) is 11.3 Å². The minimum atomic E-state index is 0.0727. The van der Waals surface area contributed by atoms with E-state index in [1.807, 2.05) is 25.1 Å². The molecule has 0 spiro atoms. The van der Waals surface area contributed by atoms with Gasteiger partial charge in [0, 0.05) is 23.1 Å². The number of nitrogens with zero attached hydrogens (tertiary/aromatic N) is 2. The molecule has 0 saturated carbocycles. The Kier molecular flexibility index (Phi) is 5.63. The van der Waals surface area contributed by atoms with Crippen molar-refractivity contribution in [2.45, 2.75) is 26.3 Å². The number of halogens is 1. The van der Waals surface area contributed by atoms with Crippen LogP contribution in [0.15, 0.2) is 47.1 Å². The molecule has 0 atom stereocenters. The lowest BCUT2D eigenvalue weighted by Gasteiger charge is -2.31. The van der Waals surface area contributed by atoms with Crippen LogP contribution in [0.25, 0.3) is 0 Å². The molecule has 2 aromatic rings. The maximum Gasteiger partial charge on any atom is 0.228 e. The molecule has 1 aliphatic heterocycles. The predicted molar refractivity (Wildman–Crippen MR) is 99.7 cm³/mol. The first-order valence-corrected chi connectivity index (χ1v) is 9.10. The number of piperidine rings is 1. The molecule has 1 aliphatic rings. The van der Waals surface area contributed by atoms with Gasteiger partial charge < -0.3 is 5.32 Å². The van der Waals surface area contributed by atoms with Crippen LogP contribution in [0.3, 0.4) is 0 Å². The maximum absolute atomic E-state index is 12.4. The highest BCUT2D eigenvalue weighted by atomic mass is 79.9. The van der Waals surface area contributed by atoms with Crippen molar-refractivity contribution in [3.05, 3.63) is 58.2 Å². The average molecular weight is 388 g/mol. The Morgan fingerprint density at radius 3 is 2.67 bits per heavy atom. The summed E-state index contributed by atoms with van der Waals surface area (Å²) in [5.41, 5.74) is 2.39. The van der Waals surface area contributed by atoms with Crippen LogP contribution in [0.1, 0.15) is 24.0 Å². The van der Waals surface area contributed by atoms with Crippen LogP contribution >= 0.6 is 15.9 Å². The minimum Gasteiger partial charge on any atom is -0.310 e. The van der Waals surface area contributed by atoms with E-state index >= 15 is 0 Å². The molecule has 1 N–H and O–H groups in total. The molecule has 4 nitrogen and oxygen atoms in total. The molecule has 5 heteroatoms. The summed E-state index contributed by atoms with van der Waals surface area (Å²) >= 11 is 3.60. The molecule has 1 fully saturated rings. The van der Waals surface area contributed by atoms with Crippen LogP contribution in [-0.4, -0.2) is 28.9 Å². The van der Waals surface area contributed by atoms with Crippen LogP contribution in [0.4, 0.5) is 5.82 Å². The molecule has 1 aromatic carbocycles. The predicted octanol–water partition coefficient (Wildman–Crippen LogP) is 4.00. The summed E-state index contributed by atoms with van der Waals surface area (Å²) in [4.78, 5) is 19.1. The zero-order valence-corrected chi connectivity index (χ0v) is 15.4. The first-order valence-electron chi connectivity index (χ1n) is 8.31. The van der Waals surface area contributed by atoms with Gasteiger partial charge in [-0.25, -0.2) is 4.98 Å². The summed E-state index contributed by atoms with van der Waals surface area (Å²) in [5, 5.41) is 2.94. The first kappa shape index (κ1) is 17.1. The number of aryl methyl sites for hydroxylation is 1. The number of carbonyl (C=O) groups is 1. The number of likely N-dealkylation sites (tertiary alicyclic amines) is 1. The fraction of sp³-hybridized carbons (Fsp3) is 0.368. The summed E-state index contributed by atoms with van der Waals surface area (Å²) in [6.45, 7) is 4.80. The molecule has 0 radical (unpaired) electrons. The number of carbonyl (C=O) groups excluding carboxylic acids is 1. The molecule has 0 bridgehead atoms. The van der Waals surface area contributed by atoms with E-state index in [0.717, 1.165) is 42.5 Å². The van der Waals surface area contributed by atoms with Gasteiger partial charge >= 0.3 is 0 Å². The number of amides is 1. The van der Waals surface area contributed by atoms with E-state index in [1.165, 1.54) is 5.56 Å². The monoisotopic (exact) mass is 387 g/mol. The molecular weight excluding hydrogens is 366 g/mol. The van der Waals surface area contributed by atoms with Crippen molar-refractivity contribution in [2.75, 3.05) is 18.4 Å². The third-order valence-electron chi connectivity index (χ3n) is 4.47. The van der Waals surface area contributed by atoms with Gasteiger partial charge in [0.25, 0.3) is 0 Å². The van der Waals surface area contributed by atoms with Gasteiger partial charge in [0.05, 0.1) is 0 Å². The topological polar surface area (TPSA) is 45.2 Å². The van der Waals surface area contributed by atoms with Gasteiger partial charge in [-0.3, -0.25) is 9.69 Å². The third-order valence-corrected chi connectivity index (χ3v) is 5.25. The van der Waals surface area contributed by atoms with E-state index in [9.17, 15) is 4.79 Å². The highest BCUT2D eigenvalue weighted by molar-refractivity contribution is 9.10. The summed E-state index contributed by atoms with van der Waals surface area (Å²) < 4.78 is 1.15. The molecule has 1 saturated heterocycles. The van der Waals surface area contributed by atoms with Crippen LogP contribution in [0.2, 0.25) is 0 Å². The maximum atomic E-state index is 12.4. The van der Waals surface area contributed by atoms with E-state index in [1.54, 1.807) is 6.20 Å². The van der Waals surface area contributed by atoms with Crippen molar-refractivity contribution in [1.29, 1.82) is 0 Å². The van der Waals surface area contributed by atoms with Crippen LogP contribution < -0.4 is 5.32 Å². The molecule has 126 valence electrons. The lowest BCUT2D eigenvalue weighted by Crippen LogP contribution is -2.37. The number of hydrogen-bond acceptors (Lipinski definition) is 3. The van der Waals surface area contributed by atoms with Crippen LogP contribution in [0.5, 0.6) is 0 Å². The lowest BCUT2D eigenvalue weighted by atomic mass is 9.95. The van der Waals surface area contributed by atoms with E-state index in [4.69, 9.17) is 0 Å². The standard InChI is InChI=1S/C19H22BrN3O/c1-14-6-7-18(21-12-14)22-19(24)15-8-10-23(11-9-15)13-16-4-2-3-5-17(16)20/h2-7,12,15H,8-11,13H2,1H3,(H,21,22,24). The SMILES string of the molecule is Cc1ccc(NC(=O)C2CCN(Cc3ccccc3Br)CC2)nc1. The van der Waals surface area contributed by atoms with Crippen molar-refractivity contribution < 1.29 is 4.79 Å². The number of anilines is 1. The van der Waals surface area contributed by atoms with Gasteiger partial charge in [-0.15, -0.1) is 0 Å². The van der Waals surface area contributed by atoms with Crippen molar-refractivity contribution in [3.8, 4) is 0 Å². The average Bonchev–Trinajstić information content (AvgIpc) is 2.59. The molecule has 3 rings (SSSR count). The number of benzene rings is 1. The summed E-state index contributed by atoms with van der Waals surface area (Å²) in [5.74, 6) is 0.803. The van der Waals surface area contributed by atoms with Gasteiger partial charge in [-0.05, 0) is 56.1 Å². The normalized spacial score (nSPS) is 16.1. The van der Waals surface area contributed by atoms with Crippen molar-refractivity contribution in [3.63, 3.8) is 0 Å².